The first-order valence-corrected chi connectivity index (χ1v) is 8.94. The monoisotopic (exact) mass is 332 g/mol. The highest BCUT2D eigenvalue weighted by atomic mass is 16.4. The van der Waals surface area contributed by atoms with Gasteiger partial charge in [-0.3, -0.25) is 4.79 Å². The summed E-state index contributed by atoms with van der Waals surface area (Å²) in [6.07, 6.45) is 4.28. The maximum absolute atomic E-state index is 12.0. The van der Waals surface area contributed by atoms with E-state index in [2.05, 4.69) is 6.92 Å². The number of fused-ring (bicyclic) bond motifs is 3. The first-order valence-electron chi connectivity index (χ1n) is 8.94. The Kier molecular flexibility index (Phi) is 4.15. The lowest BCUT2D eigenvalue weighted by Gasteiger charge is -2.53. The van der Waals surface area contributed by atoms with E-state index in [1.54, 1.807) is 0 Å². The third-order valence-corrected chi connectivity index (χ3v) is 6.79. The first-order chi connectivity index (χ1) is 11.2. The third kappa shape index (κ3) is 2.34. The minimum absolute atomic E-state index is 0.00330. The zero-order valence-corrected chi connectivity index (χ0v) is 14.8. The number of hydrogen-bond donors (Lipinski definition) is 3. The predicted octanol–water partition coefficient (Wildman–Crippen LogP) is 3.58. The number of rotatable bonds is 3. The number of aliphatic hydroxyl groups is 1. The Morgan fingerprint density at radius 2 is 2.04 bits per heavy atom. The highest BCUT2D eigenvalue weighted by Crippen LogP contribution is 2.58. The van der Waals surface area contributed by atoms with Crippen molar-refractivity contribution in [1.29, 1.82) is 0 Å². The van der Waals surface area contributed by atoms with Gasteiger partial charge in [-0.05, 0) is 66.7 Å². The fourth-order valence-electron chi connectivity index (χ4n) is 5.27. The van der Waals surface area contributed by atoms with Crippen LogP contribution in [0.4, 0.5) is 0 Å². The molecule has 132 valence electrons. The second-order valence-corrected chi connectivity index (χ2v) is 8.24. The van der Waals surface area contributed by atoms with Crippen LogP contribution in [0, 0.1) is 11.3 Å². The molecule has 0 aromatic heterocycles. The van der Waals surface area contributed by atoms with Crippen LogP contribution in [-0.2, 0) is 16.6 Å². The average Bonchev–Trinajstić information content (AvgIpc) is 2.54. The molecule has 0 amide bonds. The van der Waals surface area contributed by atoms with Crippen molar-refractivity contribution in [2.24, 2.45) is 11.3 Å². The Bertz CT molecular complexity index is 668. The highest BCUT2D eigenvalue weighted by molar-refractivity contribution is 5.75. The molecular formula is C20H28O4. The molecule has 4 heteroatoms. The van der Waals surface area contributed by atoms with Crippen LogP contribution in [-0.4, -0.2) is 27.9 Å². The molecule has 0 heterocycles. The van der Waals surface area contributed by atoms with Crippen molar-refractivity contribution >= 4 is 5.97 Å². The fourth-order valence-corrected chi connectivity index (χ4v) is 5.27. The van der Waals surface area contributed by atoms with Crippen LogP contribution in [0.25, 0.3) is 0 Å². The molecule has 1 fully saturated rings. The van der Waals surface area contributed by atoms with Gasteiger partial charge in [0, 0.05) is 12.5 Å². The zero-order valence-electron chi connectivity index (χ0n) is 14.8. The number of carboxylic acid groups (broad SMARTS) is 1. The number of phenolic OH excluding ortho intramolecular Hbond substituents is 1. The maximum atomic E-state index is 12.0. The molecule has 0 spiro atoms. The van der Waals surface area contributed by atoms with E-state index in [1.165, 1.54) is 5.56 Å². The minimum Gasteiger partial charge on any atom is -0.508 e. The molecule has 1 aromatic rings. The number of aliphatic carboxylic acids is 1. The normalized spacial score (nSPS) is 33.4. The molecule has 1 saturated carbocycles. The topological polar surface area (TPSA) is 77.8 Å². The Labute approximate surface area is 143 Å². The lowest BCUT2D eigenvalue weighted by molar-refractivity contribution is -0.157. The summed E-state index contributed by atoms with van der Waals surface area (Å²) in [5.41, 5.74) is 2.19. The maximum Gasteiger partial charge on any atom is 0.309 e. The summed E-state index contributed by atoms with van der Waals surface area (Å²) in [7, 11) is 0. The molecule has 0 bridgehead atoms. The highest BCUT2D eigenvalue weighted by Gasteiger charge is 2.55. The summed E-state index contributed by atoms with van der Waals surface area (Å²) in [6, 6.07) is 3.87. The van der Waals surface area contributed by atoms with E-state index in [1.807, 2.05) is 26.0 Å². The van der Waals surface area contributed by atoms with Crippen LogP contribution >= 0.6 is 0 Å². The van der Waals surface area contributed by atoms with Gasteiger partial charge < -0.3 is 15.3 Å². The van der Waals surface area contributed by atoms with Crippen molar-refractivity contribution in [3.05, 3.63) is 28.8 Å². The van der Waals surface area contributed by atoms with Crippen molar-refractivity contribution in [2.75, 3.05) is 6.61 Å². The van der Waals surface area contributed by atoms with Crippen LogP contribution in [0.5, 0.6) is 5.75 Å². The van der Waals surface area contributed by atoms with Gasteiger partial charge in [0.25, 0.3) is 0 Å². The molecule has 4 atom stereocenters. The van der Waals surface area contributed by atoms with E-state index >= 15 is 0 Å². The Hall–Kier alpha value is -1.55. The van der Waals surface area contributed by atoms with Crippen molar-refractivity contribution in [3.63, 3.8) is 0 Å². The van der Waals surface area contributed by atoms with Gasteiger partial charge in [0.05, 0.1) is 5.41 Å². The summed E-state index contributed by atoms with van der Waals surface area (Å²) in [5, 5.41) is 29.7. The molecule has 2 aliphatic carbocycles. The Morgan fingerprint density at radius 3 is 2.67 bits per heavy atom. The van der Waals surface area contributed by atoms with Gasteiger partial charge in [0.2, 0.25) is 0 Å². The molecule has 24 heavy (non-hydrogen) atoms. The Balaban J connectivity index is 2.10. The van der Waals surface area contributed by atoms with Crippen molar-refractivity contribution in [3.8, 4) is 5.75 Å². The number of aromatic hydroxyl groups is 1. The number of hydrogen-bond acceptors (Lipinski definition) is 3. The van der Waals surface area contributed by atoms with E-state index in [0.29, 0.717) is 0 Å². The number of benzene rings is 1. The Morgan fingerprint density at radius 1 is 1.33 bits per heavy atom. The van der Waals surface area contributed by atoms with Crippen molar-refractivity contribution < 1.29 is 20.1 Å². The quantitative estimate of drug-likeness (QED) is 0.790. The van der Waals surface area contributed by atoms with Crippen LogP contribution in [0.15, 0.2) is 12.1 Å². The van der Waals surface area contributed by atoms with Gasteiger partial charge in [-0.1, -0.05) is 26.3 Å². The van der Waals surface area contributed by atoms with Crippen LogP contribution in [0.1, 0.15) is 69.1 Å². The van der Waals surface area contributed by atoms with Gasteiger partial charge >= 0.3 is 5.97 Å². The second kappa shape index (κ2) is 5.76. The van der Waals surface area contributed by atoms with Gasteiger partial charge in [0.1, 0.15) is 5.75 Å². The summed E-state index contributed by atoms with van der Waals surface area (Å²) in [4.78, 5) is 12.0. The van der Waals surface area contributed by atoms with Crippen molar-refractivity contribution in [1.82, 2.24) is 0 Å². The van der Waals surface area contributed by atoms with Crippen LogP contribution in [0.2, 0.25) is 0 Å². The van der Waals surface area contributed by atoms with Gasteiger partial charge in [-0.25, -0.2) is 0 Å². The lowest BCUT2D eigenvalue weighted by atomic mass is 9.49. The largest absolute Gasteiger partial charge is 0.508 e. The molecule has 3 rings (SSSR count). The second-order valence-electron chi connectivity index (χ2n) is 8.24. The standard InChI is InChI=1S/C20H28O4/c1-12(11-21)14-9-13-5-6-17-19(2,15(13)10-16(14)22)7-4-8-20(17,3)18(23)24/h9-10,12,17,21-22H,4-8,11H2,1-3H3,(H,23,24)/t12-,17-,19-,20+/m1/s1. The SMILES string of the molecule is C[C@H](CO)c1cc2c(cc1O)[C@@]1(C)CCC[C@](C)(C(=O)O)[C@@H]1CC2. The molecule has 0 aliphatic heterocycles. The minimum atomic E-state index is -0.698. The van der Waals surface area contributed by atoms with E-state index in [0.717, 1.165) is 43.2 Å². The number of phenols is 1. The smallest absolute Gasteiger partial charge is 0.309 e. The molecule has 3 N–H and O–H groups in total. The fraction of sp³-hybridized carbons (Fsp3) is 0.650. The van der Waals surface area contributed by atoms with Gasteiger partial charge in [-0.15, -0.1) is 0 Å². The lowest BCUT2D eigenvalue weighted by Crippen LogP contribution is -2.52. The zero-order chi connectivity index (χ0) is 17.7. The number of carboxylic acids is 1. The number of aliphatic hydroxyl groups excluding tert-OH is 1. The van der Waals surface area contributed by atoms with Crippen molar-refractivity contribution in [2.45, 2.75) is 64.2 Å². The third-order valence-electron chi connectivity index (χ3n) is 6.79. The predicted molar refractivity (Wildman–Crippen MR) is 92.4 cm³/mol. The van der Waals surface area contributed by atoms with E-state index in [4.69, 9.17) is 0 Å². The number of carbonyl (C=O) groups is 1. The van der Waals surface area contributed by atoms with Gasteiger partial charge in [-0.2, -0.15) is 0 Å². The summed E-state index contributed by atoms with van der Waals surface area (Å²) < 4.78 is 0. The molecular weight excluding hydrogens is 304 g/mol. The van der Waals surface area contributed by atoms with Crippen LogP contribution < -0.4 is 0 Å². The average molecular weight is 332 g/mol. The van der Waals surface area contributed by atoms with E-state index in [-0.39, 0.29) is 29.6 Å². The molecule has 4 nitrogen and oxygen atoms in total. The summed E-state index contributed by atoms with van der Waals surface area (Å²) >= 11 is 0. The van der Waals surface area contributed by atoms with E-state index < -0.39 is 11.4 Å². The van der Waals surface area contributed by atoms with E-state index in [9.17, 15) is 20.1 Å². The van der Waals surface area contributed by atoms with Gasteiger partial charge in [0.15, 0.2) is 0 Å². The summed E-state index contributed by atoms with van der Waals surface area (Å²) in [5.74, 6) is -0.489. The van der Waals surface area contributed by atoms with Crippen LogP contribution in [0.3, 0.4) is 0 Å². The molecule has 1 aromatic carbocycles. The summed E-state index contributed by atoms with van der Waals surface area (Å²) in [6.45, 7) is 5.97. The number of aryl methyl sites for hydroxylation is 1. The molecule has 0 radical (unpaired) electrons. The molecule has 2 aliphatic rings. The molecule has 0 unspecified atom stereocenters. The first kappa shape index (κ1) is 17.3. The molecule has 0 saturated heterocycles.